The molecule has 0 aliphatic carbocycles. The number of anilines is 1. The monoisotopic (exact) mass is 283 g/mol. The predicted octanol–water partition coefficient (Wildman–Crippen LogP) is 3.79. The van der Waals surface area contributed by atoms with Crippen LogP contribution in [-0.4, -0.2) is 15.4 Å². The lowest BCUT2D eigenvalue weighted by atomic mass is 10.3. The van der Waals surface area contributed by atoms with Crippen LogP contribution in [0.5, 0.6) is 0 Å². The highest BCUT2D eigenvalue weighted by Gasteiger charge is 2.07. The van der Waals surface area contributed by atoms with Gasteiger partial charge < -0.3 is 5.32 Å². The first-order valence-electron chi connectivity index (χ1n) is 5.61. The molecule has 3 nitrogen and oxygen atoms in total. The van der Waals surface area contributed by atoms with Crippen molar-refractivity contribution < 1.29 is 4.39 Å². The first kappa shape index (κ1) is 13.3. The van der Waals surface area contributed by atoms with Gasteiger partial charge in [-0.3, -0.25) is 0 Å². The molecule has 0 spiro atoms. The Kier molecular flexibility index (Phi) is 4.54. The number of aromatic nitrogens is 2. The lowest BCUT2D eigenvalue weighted by Crippen LogP contribution is -2.09. The number of hydrogen-bond donors (Lipinski definition) is 1. The number of benzene rings is 1. The first-order valence-corrected chi connectivity index (χ1v) is 7.37. The normalized spacial score (nSPS) is 10.9. The number of rotatable bonds is 5. The average Bonchev–Trinajstić information content (AvgIpc) is 2.75. The van der Waals surface area contributed by atoms with E-state index in [-0.39, 0.29) is 5.82 Å². The SMILES string of the molecule is CC(C)Nc1nc(CSc2ccccc2F)ns1. The molecule has 1 heterocycles. The Bertz CT molecular complexity index is 514. The van der Waals surface area contributed by atoms with Crippen LogP contribution in [0.15, 0.2) is 29.2 Å². The van der Waals surface area contributed by atoms with Gasteiger partial charge in [0.05, 0.1) is 5.75 Å². The van der Waals surface area contributed by atoms with Crippen LogP contribution in [0.4, 0.5) is 9.52 Å². The van der Waals surface area contributed by atoms with E-state index >= 15 is 0 Å². The van der Waals surface area contributed by atoms with Crippen molar-refractivity contribution in [3.05, 3.63) is 35.9 Å². The van der Waals surface area contributed by atoms with Crippen LogP contribution in [0.2, 0.25) is 0 Å². The Morgan fingerprint density at radius 1 is 1.39 bits per heavy atom. The molecule has 1 aromatic carbocycles. The summed E-state index contributed by atoms with van der Waals surface area (Å²) in [6.45, 7) is 4.10. The number of thioether (sulfide) groups is 1. The zero-order chi connectivity index (χ0) is 13.0. The summed E-state index contributed by atoms with van der Waals surface area (Å²) in [6.07, 6.45) is 0. The third-order valence-corrected chi connectivity index (χ3v) is 3.80. The van der Waals surface area contributed by atoms with Gasteiger partial charge in [0.25, 0.3) is 0 Å². The van der Waals surface area contributed by atoms with Crippen molar-refractivity contribution in [2.24, 2.45) is 0 Å². The van der Waals surface area contributed by atoms with Crippen LogP contribution >= 0.6 is 23.3 Å². The van der Waals surface area contributed by atoms with Crippen LogP contribution in [-0.2, 0) is 5.75 Å². The highest BCUT2D eigenvalue weighted by atomic mass is 32.2. The highest BCUT2D eigenvalue weighted by Crippen LogP contribution is 2.25. The molecule has 0 radical (unpaired) electrons. The third kappa shape index (κ3) is 3.68. The second kappa shape index (κ2) is 6.15. The van der Waals surface area contributed by atoms with Crippen molar-refractivity contribution >= 4 is 28.4 Å². The van der Waals surface area contributed by atoms with Crippen molar-refractivity contribution in [1.29, 1.82) is 0 Å². The summed E-state index contributed by atoms with van der Waals surface area (Å²) in [6, 6.07) is 7.07. The summed E-state index contributed by atoms with van der Waals surface area (Å²) in [5, 5.41) is 4.01. The molecule has 96 valence electrons. The molecule has 2 aromatic rings. The lowest BCUT2D eigenvalue weighted by molar-refractivity contribution is 0.602. The van der Waals surface area contributed by atoms with Gasteiger partial charge in [0, 0.05) is 22.5 Å². The van der Waals surface area contributed by atoms with E-state index in [9.17, 15) is 4.39 Å². The van der Waals surface area contributed by atoms with E-state index in [0.29, 0.717) is 16.7 Å². The van der Waals surface area contributed by atoms with E-state index in [0.717, 1.165) is 11.0 Å². The largest absolute Gasteiger partial charge is 0.358 e. The highest BCUT2D eigenvalue weighted by molar-refractivity contribution is 7.98. The van der Waals surface area contributed by atoms with Gasteiger partial charge in [-0.25, -0.2) is 9.37 Å². The van der Waals surface area contributed by atoms with Crippen molar-refractivity contribution in [3.63, 3.8) is 0 Å². The first-order chi connectivity index (χ1) is 8.65. The molecular formula is C12H14FN3S2. The number of hydrogen-bond acceptors (Lipinski definition) is 5. The van der Waals surface area contributed by atoms with Crippen molar-refractivity contribution in [3.8, 4) is 0 Å². The fraction of sp³-hybridized carbons (Fsp3) is 0.333. The summed E-state index contributed by atoms with van der Waals surface area (Å²) in [5.74, 6) is 1.12. The summed E-state index contributed by atoms with van der Waals surface area (Å²) in [4.78, 5) is 4.98. The minimum atomic E-state index is -0.196. The van der Waals surface area contributed by atoms with Crippen molar-refractivity contribution in [1.82, 2.24) is 9.36 Å². The van der Waals surface area contributed by atoms with Crippen LogP contribution in [0.25, 0.3) is 0 Å². The quantitative estimate of drug-likeness (QED) is 0.847. The fourth-order valence-corrected chi connectivity index (χ4v) is 2.93. The van der Waals surface area contributed by atoms with E-state index in [1.54, 1.807) is 12.1 Å². The molecule has 1 aromatic heterocycles. The van der Waals surface area contributed by atoms with Crippen LogP contribution in [0, 0.1) is 5.82 Å². The molecule has 0 aliphatic heterocycles. The Morgan fingerprint density at radius 2 is 2.17 bits per heavy atom. The Hall–Kier alpha value is -1.14. The van der Waals surface area contributed by atoms with Crippen molar-refractivity contribution in [2.45, 2.75) is 30.5 Å². The maximum Gasteiger partial charge on any atom is 0.202 e. The van der Waals surface area contributed by atoms with Gasteiger partial charge in [0.2, 0.25) is 5.13 Å². The zero-order valence-electron chi connectivity index (χ0n) is 10.2. The topological polar surface area (TPSA) is 37.8 Å². The summed E-state index contributed by atoms with van der Waals surface area (Å²) >= 11 is 2.75. The molecule has 6 heteroatoms. The number of nitrogens with zero attached hydrogens (tertiary/aromatic N) is 2. The average molecular weight is 283 g/mol. The van der Waals surface area contributed by atoms with Gasteiger partial charge in [0.1, 0.15) is 5.82 Å². The van der Waals surface area contributed by atoms with E-state index < -0.39 is 0 Å². The number of nitrogens with one attached hydrogen (secondary N) is 1. The van der Waals surface area contributed by atoms with E-state index in [2.05, 4.69) is 28.5 Å². The van der Waals surface area contributed by atoms with Crippen LogP contribution in [0.1, 0.15) is 19.7 Å². The third-order valence-electron chi connectivity index (χ3n) is 2.07. The molecule has 0 atom stereocenters. The minimum absolute atomic E-state index is 0.196. The second-order valence-corrected chi connectivity index (χ2v) is 5.80. The van der Waals surface area contributed by atoms with Crippen LogP contribution in [0.3, 0.4) is 0 Å². The minimum Gasteiger partial charge on any atom is -0.358 e. The molecule has 0 saturated carbocycles. The summed E-state index contributed by atoms with van der Waals surface area (Å²) in [7, 11) is 0. The van der Waals surface area contributed by atoms with Gasteiger partial charge in [0.15, 0.2) is 5.82 Å². The summed E-state index contributed by atoms with van der Waals surface area (Å²) < 4.78 is 17.6. The standard InChI is InChI=1S/C12H14FN3S2/c1-8(2)14-12-15-11(16-18-12)7-17-10-6-4-3-5-9(10)13/h3-6,8H,7H2,1-2H3,(H,14,15,16). The Labute approximate surface area is 114 Å². The number of halogens is 1. The van der Waals surface area contributed by atoms with E-state index in [1.807, 2.05) is 6.07 Å². The lowest BCUT2D eigenvalue weighted by Gasteiger charge is -2.03. The smallest absolute Gasteiger partial charge is 0.202 e. The van der Waals surface area contributed by atoms with E-state index in [4.69, 9.17) is 0 Å². The molecule has 0 saturated heterocycles. The Balaban J connectivity index is 1.94. The van der Waals surface area contributed by atoms with E-state index in [1.165, 1.54) is 29.4 Å². The fourth-order valence-electron chi connectivity index (χ4n) is 1.32. The molecule has 0 amide bonds. The maximum atomic E-state index is 13.4. The maximum absolute atomic E-state index is 13.4. The predicted molar refractivity (Wildman–Crippen MR) is 74.6 cm³/mol. The van der Waals surface area contributed by atoms with Gasteiger partial charge in [-0.1, -0.05) is 12.1 Å². The second-order valence-electron chi connectivity index (χ2n) is 4.03. The molecule has 0 unspecified atom stereocenters. The Morgan fingerprint density at radius 3 is 2.89 bits per heavy atom. The summed E-state index contributed by atoms with van der Waals surface area (Å²) in [5.41, 5.74) is 0. The molecule has 0 fully saturated rings. The molecule has 2 rings (SSSR count). The van der Waals surface area contributed by atoms with Gasteiger partial charge in [-0.15, -0.1) is 11.8 Å². The zero-order valence-corrected chi connectivity index (χ0v) is 11.8. The van der Waals surface area contributed by atoms with Crippen molar-refractivity contribution in [2.75, 3.05) is 5.32 Å². The van der Waals surface area contributed by atoms with Gasteiger partial charge >= 0.3 is 0 Å². The molecular weight excluding hydrogens is 269 g/mol. The molecule has 0 bridgehead atoms. The van der Waals surface area contributed by atoms with Gasteiger partial charge in [-0.2, -0.15) is 4.37 Å². The molecule has 0 aliphatic rings. The molecule has 1 N–H and O–H groups in total. The molecule has 18 heavy (non-hydrogen) atoms. The van der Waals surface area contributed by atoms with Crippen LogP contribution < -0.4 is 5.32 Å². The van der Waals surface area contributed by atoms with Gasteiger partial charge in [-0.05, 0) is 26.0 Å².